The largest absolute Gasteiger partial charge is 0.457 e. The molecule has 0 radical (unpaired) electrons. The van der Waals surface area contributed by atoms with Crippen LogP contribution in [0, 0.1) is 0 Å². The minimum atomic E-state index is -0.555. The van der Waals surface area contributed by atoms with E-state index in [2.05, 4.69) is 10.2 Å². The van der Waals surface area contributed by atoms with Crippen LogP contribution < -0.4 is 5.56 Å². The van der Waals surface area contributed by atoms with Crippen molar-refractivity contribution >= 4 is 16.7 Å². The predicted octanol–water partition coefficient (Wildman–Crippen LogP) is 1.66. The van der Waals surface area contributed by atoms with E-state index >= 15 is 0 Å². The van der Waals surface area contributed by atoms with E-state index in [-0.39, 0.29) is 17.9 Å². The number of ether oxygens (including phenoxy) is 1. The van der Waals surface area contributed by atoms with Crippen molar-refractivity contribution in [3.8, 4) is 0 Å². The van der Waals surface area contributed by atoms with E-state index in [0.29, 0.717) is 10.8 Å². The predicted molar refractivity (Wildman–Crippen MR) is 67.5 cm³/mol. The van der Waals surface area contributed by atoms with Gasteiger partial charge in [-0.2, -0.15) is 5.10 Å². The summed E-state index contributed by atoms with van der Waals surface area (Å²) in [4.78, 5) is 23.3. The van der Waals surface area contributed by atoms with E-state index < -0.39 is 5.97 Å². The molecule has 5 nitrogen and oxygen atoms in total. The van der Waals surface area contributed by atoms with E-state index in [1.165, 1.54) is 0 Å². The normalized spacial score (nSPS) is 10.9. The standard InChI is InChI=1S/C13H12N2O3/c1-2-3-8-18-13(17)11-9-6-4-5-7-10(9)12(16)15-14-11/h2-7H,8H2,1H3,(H,15,16). The Bertz CT molecular complexity index is 659. The van der Waals surface area contributed by atoms with Gasteiger partial charge in [0.25, 0.3) is 5.56 Å². The van der Waals surface area contributed by atoms with Gasteiger partial charge in [-0.3, -0.25) is 4.79 Å². The molecule has 1 N–H and O–H groups in total. The van der Waals surface area contributed by atoms with Crippen molar-refractivity contribution < 1.29 is 9.53 Å². The average molecular weight is 244 g/mol. The number of fused-ring (bicyclic) bond motifs is 1. The van der Waals surface area contributed by atoms with Gasteiger partial charge < -0.3 is 4.74 Å². The summed E-state index contributed by atoms with van der Waals surface area (Å²) in [5, 5.41) is 6.95. The third-order valence-corrected chi connectivity index (χ3v) is 2.44. The lowest BCUT2D eigenvalue weighted by molar-refractivity contribution is 0.0544. The van der Waals surface area contributed by atoms with E-state index in [0.717, 1.165) is 0 Å². The highest BCUT2D eigenvalue weighted by Gasteiger charge is 2.14. The lowest BCUT2D eigenvalue weighted by atomic mass is 10.1. The van der Waals surface area contributed by atoms with Crippen molar-refractivity contribution in [2.45, 2.75) is 6.92 Å². The minimum Gasteiger partial charge on any atom is -0.457 e. The summed E-state index contributed by atoms with van der Waals surface area (Å²) < 4.78 is 5.01. The fourth-order valence-electron chi connectivity index (χ4n) is 1.56. The molecule has 0 saturated carbocycles. The number of aromatic amines is 1. The second kappa shape index (κ2) is 5.27. The van der Waals surface area contributed by atoms with Gasteiger partial charge in [0.05, 0.1) is 5.39 Å². The Labute approximate surface area is 103 Å². The van der Waals surface area contributed by atoms with Crippen LogP contribution in [0.3, 0.4) is 0 Å². The van der Waals surface area contributed by atoms with Crippen molar-refractivity contribution in [1.82, 2.24) is 10.2 Å². The number of hydrogen-bond donors (Lipinski definition) is 1. The highest BCUT2D eigenvalue weighted by molar-refractivity contribution is 6.01. The Morgan fingerprint density at radius 2 is 2.11 bits per heavy atom. The van der Waals surface area contributed by atoms with Gasteiger partial charge in [0, 0.05) is 5.39 Å². The van der Waals surface area contributed by atoms with Gasteiger partial charge in [0.1, 0.15) is 6.61 Å². The smallest absolute Gasteiger partial charge is 0.359 e. The molecule has 0 amide bonds. The van der Waals surface area contributed by atoms with Crippen LogP contribution in [-0.2, 0) is 4.74 Å². The monoisotopic (exact) mass is 244 g/mol. The first-order valence-corrected chi connectivity index (χ1v) is 5.49. The van der Waals surface area contributed by atoms with E-state index in [4.69, 9.17) is 4.74 Å². The maximum atomic E-state index is 11.8. The molecule has 1 aromatic carbocycles. The maximum absolute atomic E-state index is 11.8. The molecule has 1 heterocycles. The molecule has 0 aliphatic carbocycles. The van der Waals surface area contributed by atoms with Crippen LogP contribution in [-0.4, -0.2) is 22.8 Å². The molecule has 0 spiro atoms. The molecule has 92 valence electrons. The summed E-state index contributed by atoms with van der Waals surface area (Å²) in [5.74, 6) is -0.555. The highest BCUT2D eigenvalue weighted by atomic mass is 16.5. The molecule has 0 aliphatic heterocycles. The molecular formula is C13H12N2O3. The van der Waals surface area contributed by atoms with Crippen LogP contribution in [0.4, 0.5) is 0 Å². The number of carbonyl (C=O) groups excluding carboxylic acids is 1. The van der Waals surface area contributed by atoms with Crippen LogP contribution in [0.2, 0.25) is 0 Å². The summed E-state index contributed by atoms with van der Waals surface area (Å²) in [6.07, 6.45) is 3.50. The molecule has 1 aromatic heterocycles. The summed E-state index contributed by atoms with van der Waals surface area (Å²) in [7, 11) is 0. The van der Waals surface area contributed by atoms with Crippen molar-refractivity contribution in [3.05, 3.63) is 52.5 Å². The first kappa shape index (κ1) is 12.0. The summed E-state index contributed by atoms with van der Waals surface area (Å²) in [5.41, 5.74) is -0.203. The lowest BCUT2D eigenvalue weighted by Gasteiger charge is -2.03. The fraction of sp³-hybridized carbons (Fsp3) is 0.154. The Morgan fingerprint density at radius 1 is 1.39 bits per heavy atom. The van der Waals surface area contributed by atoms with Crippen molar-refractivity contribution in [2.24, 2.45) is 0 Å². The van der Waals surface area contributed by atoms with Gasteiger partial charge in [-0.15, -0.1) is 0 Å². The molecule has 5 heteroatoms. The first-order chi connectivity index (χ1) is 8.74. The molecule has 0 fully saturated rings. The highest BCUT2D eigenvalue weighted by Crippen LogP contribution is 2.13. The van der Waals surface area contributed by atoms with Crippen LogP contribution in [0.1, 0.15) is 17.4 Å². The average Bonchev–Trinajstić information content (AvgIpc) is 2.39. The topological polar surface area (TPSA) is 72.0 Å². The first-order valence-electron chi connectivity index (χ1n) is 5.49. The van der Waals surface area contributed by atoms with Gasteiger partial charge >= 0.3 is 5.97 Å². The molecule has 0 unspecified atom stereocenters. The van der Waals surface area contributed by atoms with E-state index in [9.17, 15) is 9.59 Å². The lowest BCUT2D eigenvalue weighted by Crippen LogP contribution is -2.16. The van der Waals surface area contributed by atoms with Crippen molar-refractivity contribution in [3.63, 3.8) is 0 Å². The molecule has 0 bridgehead atoms. The molecule has 0 aliphatic rings. The second-order valence-electron chi connectivity index (χ2n) is 3.61. The molecule has 2 rings (SSSR count). The second-order valence-corrected chi connectivity index (χ2v) is 3.61. The number of esters is 1. The van der Waals surface area contributed by atoms with Crippen molar-refractivity contribution in [2.75, 3.05) is 6.61 Å². The third kappa shape index (κ3) is 2.29. The molecule has 18 heavy (non-hydrogen) atoms. The summed E-state index contributed by atoms with van der Waals surface area (Å²) >= 11 is 0. The number of hydrogen-bond acceptors (Lipinski definition) is 4. The quantitative estimate of drug-likeness (QED) is 0.658. The summed E-state index contributed by atoms with van der Waals surface area (Å²) in [6.45, 7) is 2.02. The van der Waals surface area contributed by atoms with Crippen LogP contribution in [0.5, 0.6) is 0 Å². The maximum Gasteiger partial charge on any atom is 0.359 e. The van der Waals surface area contributed by atoms with Crippen molar-refractivity contribution in [1.29, 1.82) is 0 Å². The van der Waals surface area contributed by atoms with Crippen LogP contribution in [0.25, 0.3) is 10.8 Å². The minimum absolute atomic E-state index is 0.120. The number of allylic oxidation sites excluding steroid dienone is 1. The number of nitrogens with one attached hydrogen (secondary N) is 1. The Morgan fingerprint density at radius 3 is 2.83 bits per heavy atom. The van der Waals surface area contributed by atoms with Crippen LogP contribution in [0.15, 0.2) is 41.2 Å². The zero-order valence-electron chi connectivity index (χ0n) is 9.84. The molecule has 0 atom stereocenters. The molecule has 2 aromatic rings. The van der Waals surface area contributed by atoms with E-state index in [1.807, 2.05) is 6.92 Å². The Balaban J connectivity index is 2.42. The van der Waals surface area contributed by atoms with Gasteiger partial charge in [0.2, 0.25) is 0 Å². The molecular weight excluding hydrogens is 232 g/mol. The number of carbonyl (C=O) groups is 1. The molecule has 0 saturated heterocycles. The Kier molecular flexibility index (Phi) is 3.52. The van der Waals surface area contributed by atoms with Gasteiger partial charge in [-0.25, -0.2) is 9.89 Å². The van der Waals surface area contributed by atoms with Gasteiger partial charge in [-0.1, -0.05) is 30.4 Å². The SMILES string of the molecule is CC=CCOC(=O)c1n[nH]c(=O)c2ccccc12. The third-order valence-electron chi connectivity index (χ3n) is 2.44. The van der Waals surface area contributed by atoms with Gasteiger partial charge in [0.15, 0.2) is 5.69 Å². The summed E-state index contributed by atoms with van der Waals surface area (Å²) in [6, 6.07) is 6.78. The number of rotatable bonds is 3. The fourth-order valence-corrected chi connectivity index (χ4v) is 1.56. The van der Waals surface area contributed by atoms with E-state index in [1.54, 1.807) is 36.4 Å². The zero-order chi connectivity index (χ0) is 13.0. The van der Waals surface area contributed by atoms with Crippen LogP contribution >= 0.6 is 0 Å². The zero-order valence-corrected chi connectivity index (χ0v) is 9.84. The number of H-pyrrole nitrogens is 1. The van der Waals surface area contributed by atoms with Gasteiger partial charge in [-0.05, 0) is 13.0 Å². The number of benzene rings is 1. The number of nitrogens with zero attached hydrogens (tertiary/aromatic N) is 1. The number of aromatic nitrogens is 2. The Hall–Kier alpha value is -2.43.